The normalized spacial score (nSPS) is 13.5. The van der Waals surface area contributed by atoms with Crippen molar-refractivity contribution in [3.8, 4) is 17.1 Å². The van der Waals surface area contributed by atoms with Crippen LogP contribution in [-0.4, -0.2) is 48.1 Å². The molecule has 1 aliphatic rings. The summed E-state index contributed by atoms with van der Waals surface area (Å²) in [5.74, 6) is 0.406. The maximum atomic E-state index is 13.6. The second-order valence-corrected chi connectivity index (χ2v) is 7.64. The minimum absolute atomic E-state index is 0.365. The van der Waals surface area contributed by atoms with E-state index < -0.39 is 11.6 Å². The lowest BCUT2D eigenvalue weighted by molar-refractivity contribution is 0.555. The second kappa shape index (κ2) is 8.03. The van der Waals surface area contributed by atoms with E-state index in [1.165, 1.54) is 16.9 Å². The van der Waals surface area contributed by atoms with Gasteiger partial charge in [0.1, 0.15) is 11.6 Å². The van der Waals surface area contributed by atoms with E-state index in [-0.39, 0.29) is 0 Å². The summed E-state index contributed by atoms with van der Waals surface area (Å²) in [5, 5.41) is 21.7. The summed E-state index contributed by atoms with van der Waals surface area (Å²) in [4.78, 5) is 3.51. The van der Waals surface area contributed by atoms with Gasteiger partial charge in [-0.05, 0) is 42.0 Å². The molecule has 8 nitrogen and oxygen atoms in total. The average Bonchev–Trinajstić information content (AvgIpc) is 3.39. The lowest BCUT2D eigenvalue weighted by Gasteiger charge is -2.28. The Balaban J connectivity index is 1.33. The van der Waals surface area contributed by atoms with Crippen LogP contribution in [0.25, 0.3) is 17.1 Å². The van der Waals surface area contributed by atoms with Crippen LogP contribution in [-0.2, 0) is 13.0 Å². The van der Waals surface area contributed by atoms with Crippen LogP contribution >= 0.6 is 11.6 Å². The summed E-state index contributed by atoms with van der Waals surface area (Å²) in [6.45, 7) is 2.07. The molecule has 2 aromatic carbocycles. The average molecular weight is 443 g/mol. The second-order valence-electron chi connectivity index (χ2n) is 7.20. The molecule has 5 rings (SSSR count). The maximum absolute atomic E-state index is 13.6. The number of hydrogen-bond acceptors (Lipinski definition) is 6. The first-order chi connectivity index (χ1) is 15.1. The molecule has 1 aliphatic heterocycles. The van der Waals surface area contributed by atoms with Crippen LogP contribution in [0, 0.1) is 11.6 Å². The van der Waals surface area contributed by atoms with Gasteiger partial charge in [0.15, 0.2) is 11.6 Å². The van der Waals surface area contributed by atoms with Crippen LogP contribution in [0.15, 0.2) is 42.5 Å². The molecule has 0 bridgehead atoms. The smallest absolute Gasteiger partial charge is 0.227 e. The van der Waals surface area contributed by atoms with Crippen molar-refractivity contribution in [2.45, 2.75) is 19.4 Å². The first-order valence-electron chi connectivity index (χ1n) is 9.76. The lowest BCUT2D eigenvalue weighted by atomic mass is 10.2. The van der Waals surface area contributed by atoms with E-state index in [9.17, 15) is 8.78 Å². The Morgan fingerprint density at radius 2 is 1.81 bits per heavy atom. The van der Waals surface area contributed by atoms with E-state index in [1.807, 2.05) is 16.7 Å². The molecule has 0 saturated carbocycles. The van der Waals surface area contributed by atoms with Gasteiger partial charge >= 0.3 is 0 Å². The van der Waals surface area contributed by atoms with Gasteiger partial charge in [-0.1, -0.05) is 17.7 Å². The Kier molecular flexibility index (Phi) is 5.06. The van der Waals surface area contributed by atoms with Gasteiger partial charge in [0.2, 0.25) is 5.95 Å². The molecule has 0 fully saturated rings. The molecule has 2 aromatic heterocycles. The van der Waals surface area contributed by atoms with E-state index in [0.29, 0.717) is 47.7 Å². The zero-order chi connectivity index (χ0) is 21.4. The highest BCUT2D eigenvalue weighted by molar-refractivity contribution is 6.30. The van der Waals surface area contributed by atoms with Gasteiger partial charge in [0, 0.05) is 42.7 Å². The van der Waals surface area contributed by atoms with Gasteiger partial charge in [0.25, 0.3) is 0 Å². The molecule has 0 N–H and O–H groups in total. The van der Waals surface area contributed by atoms with Gasteiger partial charge in [0.05, 0.1) is 5.69 Å². The molecular weight excluding hydrogens is 426 g/mol. The van der Waals surface area contributed by atoms with Crippen LogP contribution in [0.3, 0.4) is 0 Å². The Morgan fingerprint density at radius 3 is 2.61 bits per heavy atom. The van der Waals surface area contributed by atoms with E-state index in [4.69, 9.17) is 11.6 Å². The number of tetrazole rings is 1. The Labute approximate surface area is 181 Å². The number of rotatable bonds is 5. The van der Waals surface area contributed by atoms with Gasteiger partial charge in [-0.3, -0.25) is 4.57 Å². The summed E-state index contributed by atoms with van der Waals surface area (Å²) < 4.78 is 29.2. The Morgan fingerprint density at radius 1 is 0.968 bits per heavy atom. The zero-order valence-electron chi connectivity index (χ0n) is 16.3. The molecule has 4 aromatic rings. The molecule has 31 heavy (non-hydrogen) atoms. The molecule has 0 atom stereocenters. The summed E-state index contributed by atoms with van der Waals surface area (Å²) in [7, 11) is 0. The van der Waals surface area contributed by atoms with E-state index in [2.05, 4.69) is 30.5 Å². The third-order valence-electron chi connectivity index (χ3n) is 5.04. The van der Waals surface area contributed by atoms with Crippen LogP contribution < -0.4 is 4.90 Å². The van der Waals surface area contributed by atoms with Crippen LogP contribution in [0.5, 0.6) is 0 Å². The lowest BCUT2D eigenvalue weighted by Crippen LogP contribution is -2.34. The highest BCUT2D eigenvalue weighted by Crippen LogP contribution is 2.27. The van der Waals surface area contributed by atoms with E-state index in [1.54, 1.807) is 12.1 Å². The van der Waals surface area contributed by atoms with Crippen molar-refractivity contribution in [2.24, 2.45) is 0 Å². The molecule has 0 unspecified atom stereocenters. The first-order valence-corrected chi connectivity index (χ1v) is 10.1. The third-order valence-corrected chi connectivity index (χ3v) is 5.28. The topological polar surface area (TPSA) is 77.5 Å². The molecule has 0 radical (unpaired) electrons. The predicted molar refractivity (Wildman–Crippen MR) is 110 cm³/mol. The molecule has 158 valence electrons. The van der Waals surface area contributed by atoms with Crippen molar-refractivity contribution in [3.05, 3.63) is 64.9 Å². The fourth-order valence-electron chi connectivity index (χ4n) is 3.65. The molecule has 0 aliphatic carbocycles. The third kappa shape index (κ3) is 3.98. The molecule has 0 spiro atoms. The van der Waals surface area contributed by atoms with Gasteiger partial charge in [-0.15, -0.1) is 25.2 Å². The van der Waals surface area contributed by atoms with Crippen LogP contribution in [0.2, 0.25) is 5.02 Å². The van der Waals surface area contributed by atoms with Crippen molar-refractivity contribution < 1.29 is 8.78 Å². The quantitative estimate of drug-likeness (QED) is 0.472. The van der Waals surface area contributed by atoms with Crippen molar-refractivity contribution in [1.82, 2.24) is 35.0 Å². The minimum atomic E-state index is -0.645. The molecule has 0 saturated heterocycles. The summed E-state index contributed by atoms with van der Waals surface area (Å²) in [6, 6.07) is 10.6. The number of fused-ring (bicyclic) bond motifs is 1. The number of nitrogens with zero attached hydrogens (tertiary/aromatic N) is 8. The number of halogens is 3. The largest absolute Gasteiger partial charge is 0.340 e. The van der Waals surface area contributed by atoms with E-state index >= 15 is 0 Å². The van der Waals surface area contributed by atoms with Crippen LogP contribution in [0.4, 0.5) is 14.7 Å². The zero-order valence-corrected chi connectivity index (χ0v) is 17.0. The van der Waals surface area contributed by atoms with E-state index in [0.717, 1.165) is 24.7 Å². The number of benzene rings is 2. The monoisotopic (exact) mass is 442 g/mol. The van der Waals surface area contributed by atoms with Crippen molar-refractivity contribution in [3.63, 3.8) is 0 Å². The standard InChI is InChI=1S/C20H17ClF2N8/c21-14-3-1-4-17(11-14)31-27-18(24-28-31)5-8-29-6-2-7-30-19(25-26-20(29)30)13-9-15(22)12-16(23)10-13/h1,3-4,9-12H,2,5-8H2. The number of aromatic nitrogens is 7. The summed E-state index contributed by atoms with van der Waals surface area (Å²) in [5.41, 5.74) is 1.10. The molecule has 0 amide bonds. The SMILES string of the molecule is Fc1cc(F)cc(-c2nnc3n2CCCN3CCc2nnn(-c3cccc(Cl)c3)n2)c1. The first kappa shape index (κ1) is 19.6. The fourth-order valence-corrected chi connectivity index (χ4v) is 3.84. The van der Waals surface area contributed by atoms with Gasteiger partial charge < -0.3 is 4.90 Å². The predicted octanol–water partition coefficient (Wildman–Crippen LogP) is 3.31. The van der Waals surface area contributed by atoms with Crippen molar-refractivity contribution >= 4 is 17.5 Å². The maximum Gasteiger partial charge on any atom is 0.227 e. The van der Waals surface area contributed by atoms with Crippen molar-refractivity contribution in [2.75, 3.05) is 18.0 Å². The minimum Gasteiger partial charge on any atom is -0.340 e. The highest BCUT2D eigenvalue weighted by Gasteiger charge is 2.24. The molecular formula is C20H17ClF2N8. The Hall–Kier alpha value is -3.40. The van der Waals surface area contributed by atoms with Crippen molar-refractivity contribution in [1.29, 1.82) is 0 Å². The highest BCUT2D eigenvalue weighted by atomic mass is 35.5. The van der Waals surface area contributed by atoms with Gasteiger partial charge in [-0.2, -0.15) is 0 Å². The number of hydrogen-bond donors (Lipinski definition) is 0. The molecule has 3 heterocycles. The fraction of sp³-hybridized carbons (Fsp3) is 0.250. The van der Waals surface area contributed by atoms with Gasteiger partial charge in [-0.25, -0.2) is 8.78 Å². The molecule has 11 heteroatoms. The summed E-state index contributed by atoms with van der Waals surface area (Å²) in [6.07, 6.45) is 1.41. The number of anilines is 1. The van der Waals surface area contributed by atoms with Crippen LogP contribution in [0.1, 0.15) is 12.2 Å². The Bertz CT molecular complexity index is 1220. The summed E-state index contributed by atoms with van der Waals surface area (Å²) >= 11 is 6.02.